The lowest BCUT2D eigenvalue weighted by Crippen LogP contribution is -2.44. The molecule has 0 radical (unpaired) electrons. The quantitative estimate of drug-likeness (QED) is 0.345. The fourth-order valence-corrected chi connectivity index (χ4v) is 7.39. The second-order valence-corrected chi connectivity index (χ2v) is 14.1. The normalized spacial score (nSPS) is 16.6. The van der Waals surface area contributed by atoms with Crippen LogP contribution in [0, 0.1) is 19.8 Å². The Balaban J connectivity index is 1.39. The summed E-state index contributed by atoms with van der Waals surface area (Å²) in [5.74, 6) is -1.12. The molecule has 39 heavy (non-hydrogen) atoms. The number of hydrogen-bond acceptors (Lipinski definition) is 5. The molecule has 3 aromatic rings. The summed E-state index contributed by atoms with van der Waals surface area (Å²) in [5, 5.41) is 3.41. The van der Waals surface area contributed by atoms with Crippen molar-refractivity contribution in [1.29, 1.82) is 0 Å². The molecule has 1 aliphatic heterocycles. The number of halogens is 2. The third-order valence-electron chi connectivity index (χ3n) is 6.55. The van der Waals surface area contributed by atoms with Crippen LogP contribution >= 0.6 is 23.2 Å². The largest absolute Gasteiger partial charge is 0.326 e. The molecule has 2 N–H and O–H groups in total. The lowest BCUT2D eigenvalue weighted by atomic mass is 9.99. The van der Waals surface area contributed by atoms with Gasteiger partial charge in [-0.1, -0.05) is 41.4 Å². The van der Waals surface area contributed by atoms with Gasteiger partial charge >= 0.3 is 0 Å². The molecule has 8 nitrogen and oxygen atoms in total. The van der Waals surface area contributed by atoms with Gasteiger partial charge in [-0.2, -0.15) is 0 Å². The van der Waals surface area contributed by atoms with Crippen LogP contribution in [0.1, 0.15) is 29.5 Å². The highest BCUT2D eigenvalue weighted by Gasteiger charge is 2.32. The zero-order chi connectivity index (χ0) is 28.4. The van der Waals surface area contributed by atoms with E-state index in [1.807, 2.05) is 26.0 Å². The maximum absolute atomic E-state index is 13.0. The van der Waals surface area contributed by atoms with Crippen molar-refractivity contribution >= 4 is 60.5 Å². The van der Waals surface area contributed by atoms with E-state index in [0.717, 1.165) is 11.1 Å². The minimum Gasteiger partial charge on any atom is -0.326 e. The Hall–Kier alpha value is -2.63. The van der Waals surface area contributed by atoms with Crippen molar-refractivity contribution in [2.75, 3.05) is 23.1 Å². The Morgan fingerprint density at radius 3 is 2.36 bits per heavy atom. The molecule has 208 valence electrons. The lowest BCUT2D eigenvalue weighted by molar-refractivity contribution is -0.120. The van der Waals surface area contributed by atoms with Crippen molar-refractivity contribution in [1.82, 2.24) is 4.31 Å². The number of hydrogen-bond donors (Lipinski definition) is 2. The molecule has 1 heterocycles. The number of nitrogens with one attached hydrogen (secondary N) is 2. The second kappa shape index (κ2) is 11.9. The van der Waals surface area contributed by atoms with Gasteiger partial charge in [0.15, 0.2) is 0 Å². The summed E-state index contributed by atoms with van der Waals surface area (Å²) >= 11 is 11.9. The summed E-state index contributed by atoms with van der Waals surface area (Å²) in [6.07, 6.45) is 1.08. The maximum atomic E-state index is 13.0. The molecule has 1 aliphatic rings. The number of anilines is 2. The van der Waals surface area contributed by atoms with Crippen molar-refractivity contribution in [3.05, 3.63) is 87.4 Å². The van der Waals surface area contributed by atoms with Crippen LogP contribution in [0.5, 0.6) is 0 Å². The molecule has 4 rings (SSSR count). The van der Waals surface area contributed by atoms with E-state index in [1.165, 1.54) is 34.6 Å². The topological polar surface area (TPSA) is 113 Å². The highest BCUT2D eigenvalue weighted by Crippen LogP contribution is 2.27. The first-order chi connectivity index (χ1) is 18.3. The van der Waals surface area contributed by atoms with Crippen LogP contribution in [-0.2, 0) is 30.6 Å². The molecule has 0 bridgehead atoms. The van der Waals surface area contributed by atoms with Gasteiger partial charge in [-0.3, -0.25) is 9.52 Å². The molecule has 0 aromatic heterocycles. The monoisotopic (exact) mass is 609 g/mol. The van der Waals surface area contributed by atoms with Gasteiger partial charge in [0.05, 0.1) is 32.3 Å². The van der Waals surface area contributed by atoms with Gasteiger partial charge in [-0.15, -0.1) is 0 Å². The molecule has 1 atom stereocenters. The van der Waals surface area contributed by atoms with Crippen molar-refractivity contribution in [2.24, 2.45) is 5.92 Å². The standard InChI is InChI=1S/C27H29Cl2N3O5S2/c1-18-5-6-19(2)26(14-18)31-39(36,37)23-10-8-22(9-11-23)30-27(33)21-4-3-13-32(16-21)38(34,35)17-20-7-12-24(28)25(29)15-20/h5-12,14-15,21,31H,3-4,13,16-17H2,1-2H3,(H,30,33). The molecule has 0 spiro atoms. The molecular weight excluding hydrogens is 581 g/mol. The van der Waals surface area contributed by atoms with Crippen LogP contribution in [0.2, 0.25) is 10.0 Å². The van der Waals surface area contributed by atoms with E-state index in [9.17, 15) is 21.6 Å². The molecule has 1 fully saturated rings. The minimum absolute atomic E-state index is 0.0543. The molecule has 1 unspecified atom stereocenters. The Morgan fingerprint density at radius 2 is 1.67 bits per heavy atom. The van der Waals surface area contributed by atoms with E-state index in [1.54, 1.807) is 18.2 Å². The minimum atomic E-state index is -3.82. The van der Waals surface area contributed by atoms with E-state index in [2.05, 4.69) is 10.0 Å². The van der Waals surface area contributed by atoms with E-state index in [0.29, 0.717) is 41.3 Å². The number of nitrogens with zero attached hydrogens (tertiary/aromatic N) is 1. The third kappa shape index (κ3) is 7.32. The number of benzene rings is 3. The number of carbonyl (C=O) groups excluding carboxylic acids is 1. The van der Waals surface area contributed by atoms with Crippen LogP contribution in [0.3, 0.4) is 0 Å². The van der Waals surface area contributed by atoms with Gasteiger partial charge in [0.2, 0.25) is 15.9 Å². The van der Waals surface area contributed by atoms with Crippen molar-refractivity contribution in [2.45, 2.75) is 37.3 Å². The molecule has 1 amide bonds. The molecular formula is C27H29Cl2N3O5S2. The third-order valence-corrected chi connectivity index (χ3v) is 10.5. The summed E-state index contributed by atoms with van der Waals surface area (Å²) in [6, 6.07) is 16.1. The first-order valence-corrected chi connectivity index (χ1v) is 16.1. The van der Waals surface area contributed by atoms with Gasteiger partial charge in [-0.05, 0) is 85.8 Å². The van der Waals surface area contributed by atoms with Crippen LogP contribution in [0.4, 0.5) is 11.4 Å². The van der Waals surface area contributed by atoms with E-state index < -0.39 is 26.0 Å². The number of sulfonamides is 2. The maximum Gasteiger partial charge on any atom is 0.261 e. The number of piperidine rings is 1. The highest BCUT2D eigenvalue weighted by atomic mass is 35.5. The fraction of sp³-hybridized carbons (Fsp3) is 0.296. The predicted octanol–water partition coefficient (Wildman–Crippen LogP) is 5.59. The molecule has 0 aliphatic carbocycles. The predicted molar refractivity (Wildman–Crippen MR) is 155 cm³/mol. The molecule has 12 heteroatoms. The second-order valence-electron chi connectivity index (χ2n) is 9.64. The van der Waals surface area contributed by atoms with Crippen LogP contribution < -0.4 is 10.0 Å². The first kappa shape index (κ1) is 29.4. The Labute approximate surface area is 239 Å². The van der Waals surface area contributed by atoms with Gasteiger partial charge in [0, 0.05) is 18.8 Å². The number of carbonyl (C=O) groups is 1. The molecule has 1 saturated heterocycles. The summed E-state index contributed by atoms with van der Waals surface area (Å²) in [7, 11) is -7.51. The van der Waals surface area contributed by atoms with Crippen LogP contribution in [0.25, 0.3) is 0 Å². The molecule has 3 aromatic carbocycles. The first-order valence-electron chi connectivity index (χ1n) is 12.3. The van der Waals surface area contributed by atoms with Crippen LogP contribution in [0.15, 0.2) is 65.6 Å². The van der Waals surface area contributed by atoms with E-state index >= 15 is 0 Å². The number of amides is 1. The van der Waals surface area contributed by atoms with E-state index in [-0.39, 0.29) is 28.1 Å². The summed E-state index contributed by atoms with van der Waals surface area (Å²) < 4.78 is 55.7. The Morgan fingerprint density at radius 1 is 0.949 bits per heavy atom. The Kier molecular flexibility index (Phi) is 8.92. The summed E-state index contributed by atoms with van der Waals surface area (Å²) in [4.78, 5) is 13.0. The zero-order valence-electron chi connectivity index (χ0n) is 21.4. The smallest absolute Gasteiger partial charge is 0.261 e. The average molecular weight is 611 g/mol. The summed E-state index contributed by atoms with van der Waals surface area (Å²) in [6.45, 7) is 4.08. The van der Waals surface area contributed by atoms with Gasteiger partial charge in [0.25, 0.3) is 10.0 Å². The van der Waals surface area contributed by atoms with Crippen LogP contribution in [-0.4, -0.2) is 40.1 Å². The average Bonchev–Trinajstić information content (AvgIpc) is 2.88. The van der Waals surface area contributed by atoms with Gasteiger partial charge in [0.1, 0.15) is 0 Å². The van der Waals surface area contributed by atoms with Crippen molar-refractivity contribution in [3.8, 4) is 0 Å². The number of rotatable bonds is 8. The Bertz CT molecular complexity index is 1590. The zero-order valence-corrected chi connectivity index (χ0v) is 24.6. The van der Waals surface area contributed by atoms with Crippen molar-refractivity contribution < 1.29 is 21.6 Å². The molecule has 0 saturated carbocycles. The summed E-state index contributed by atoms with van der Waals surface area (Å²) in [5.41, 5.74) is 3.16. The van der Waals surface area contributed by atoms with Crippen molar-refractivity contribution in [3.63, 3.8) is 0 Å². The number of aryl methyl sites for hydroxylation is 2. The lowest BCUT2D eigenvalue weighted by Gasteiger charge is -2.31. The van der Waals surface area contributed by atoms with E-state index in [4.69, 9.17) is 23.2 Å². The highest BCUT2D eigenvalue weighted by molar-refractivity contribution is 7.92. The fourth-order valence-electron chi connectivity index (χ4n) is 4.35. The van der Waals surface area contributed by atoms with Gasteiger partial charge < -0.3 is 5.32 Å². The SMILES string of the molecule is Cc1ccc(C)c(NS(=O)(=O)c2ccc(NC(=O)C3CCCN(S(=O)(=O)Cc4ccc(Cl)c(Cl)c4)C3)cc2)c1. The van der Waals surface area contributed by atoms with Gasteiger partial charge in [-0.25, -0.2) is 21.1 Å².